The Morgan fingerprint density at radius 3 is 2.24 bits per heavy atom. The van der Waals surface area contributed by atoms with Crippen LogP contribution in [0.2, 0.25) is 0 Å². The van der Waals surface area contributed by atoms with E-state index >= 15 is 0 Å². The van der Waals surface area contributed by atoms with E-state index in [-0.39, 0.29) is 13.2 Å². The van der Waals surface area contributed by atoms with E-state index in [9.17, 15) is 5.11 Å². The van der Waals surface area contributed by atoms with Gasteiger partial charge in [-0.2, -0.15) is 0 Å². The molecule has 0 spiro atoms. The third kappa shape index (κ3) is 5.77. The Hall–Kier alpha value is -2.45. The molecule has 0 aromatic heterocycles. The van der Waals surface area contributed by atoms with Gasteiger partial charge in [-0.05, 0) is 16.7 Å². The number of ether oxygens (including phenoxy) is 4. The highest BCUT2D eigenvalue weighted by Crippen LogP contribution is 2.27. The summed E-state index contributed by atoms with van der Waals surface area (Å²) in [5.41, 5.74) is 10.8. The Kier molecular flexibility index (Phi) is 8.01. The molecule has 3 rings (SSSR count). The molecule has 8 heteroatoms. The Bertz CT molecular complexity index is 785. The number of hydrogen-bond donors (Lipinski definition) is 1. The zero-order chi connectivity index (χ0) is 20.5. The molecule has 0 bridgehead atoms. The maximum Gasteiger partial charge on any atom is 0.168 e. The first-order valence-electron chi connectivity index (χ1n) is 9.40. The quantitative estimate of drug-likeness (QED) is 0.396. The second kappa shape index (κ2) is 10.9. The fourth-order valence-electron chi connectivity index (χ4n) is 3.26. The summed E-state index contributed by atoms with van der Waals surface area (Å²) >= 11 is 0. The van der Waals surface area contributed by atoms with E-state index in [0.717, 1.165) is 11.1 Å². The van der Waals surface area contributed by atoms with E-state index in [1.54, 1.807) is 0 Å². The fourth-order valence-corrected chi connectivity index (χ4v) is 3.26. The number of azide groups is 1. The van der Waals surface area contributed by atoms with Crippen molar-refractivity contribution in [2.75, 3.05) is 13.7 Å². The molecule has 1 fully saturated rings. The highest BCUT2D eigenvalue weighted by molar-refractivity contribution is 5.14. The minimum Gasteiger partial charge on any atom is -0.390 e. The van der Waals surface area contributed by atoms with Gasteiger partial charge in [0.15, 0.2) is 6.29 Å². The minimum atomic E-state index is -1.10. The monoisotopic (exact) mass is 399 g/mol. The second-order valence-corrected chi connectivity index (χ2v) is 6.73. The smallest absolute Gasteiger partial charge is 0.168 e. The third-order valence-corrected chi connectivity index (χ3v) is 4.74. The van der Waals surface area contributed by atoms with Crippen molar-refractivity contribution in [3.63, 3.8) is 0 Å². The normalized spacial score (nSPS) is 26.6. The molecule has 154 valence electrons. The lowest BCUT2D eigenvalue weighted by Gasteiger charge is -2.42. The summed E-state index contributed by atoms with van der Waals surface area (Å²) in [6.07, 6.45) is -3.32. The van der Waals surface area contributed by atoms with Crippen LogP contribution < -0.4 is 0 Å². The number of rotatable bonds is 9. The van der Waals surface area contributed by atoms with Crippen LogP contribution in [0.4, 0.5) is 0 Å². The zero-order valence-corrected chi connectivity index (χ0v) is 16.2. The Balaban J connectivity index is 1.69. The van der Waals surface area contributed by atoms with Gasteiger partial charge in [0.25, 0.3) is 0 Å². The van der Waals surface area contributed by atoms with Gasteiger partial charge < -0.3 is 24.1 Å². The van der Waals surface area contributed by atoms with E-state index in [0.29, 0.717) is 6.61 Å². The van der Waals surface area contributed by atoms with Crippen LogP contribution in [0.1, 0.15) is 11.1 Å². The van der Waals surface area contributed by atoms with Crippen molar-refractivity contribution >= 4 is 0 Å². The molecule has 0 saturated carbocycles. The van der Waals surface area contributed by atoms with Crippen molar-refractivity contribution in [1.29, 1.82) is 0 Å². The highest BCUT2D eigenvalue weighted by atomic mass is 16.7. The van der Waals surface area contributed by atoms with Crippen molar-refractivity contribution in [3.8, 4) is 0 Å². The van der Waals surface area contributed by atoms with E-state index in [1.165, 1.54) is 7.11 Å². The maximum absolute atomic E-state index is 10.8. The van der Waals surface area contributed by atoms with Crippen molar-refractivity contribution in [2.45, 2.75) is 43.9 Å². The van der Waals surface area contributed by atoms with Crippen LogP contribution in [-0.2, 0) is 32.2 Å². The zero-order valence-electron chi connectivity index (χ0n) is 16.2. The molecular weight excluding hydrogens is 374 g/mol. The molecule has 1 aliphatic rings. The summed E-state index contributed by atoms with van der Waals surface area (Å²) in [6, 6.07) is 18.4. The van der Waals surface area contributed by atoms with E-state index in [1.807, 2.05) is 60.7 Å². The molecule has 0 unspecified atom stereocenters. The van der Waals surface area contributed by atoms with Crippen LogP contribution in [0.25, 0.3) is 10.4 Å². The Morgan fingerprint density at radius 1 is 1.03 bits per heavy atom. The average Bonchev–Trinajstić information content (AvgIpc) is 2.76. The van der Waals surface area contributed by atoms with E-state index < -0.39 is 30.6 Å². The maximum atomic E-state index is 10.8. The largest absolute Gasteiger partial charge is 0.390 e. The highest BCUT2D eigenvalue weighted by Gasteiger charge is 2.46. The molecule has 2 aromatic rings. The van der Waals surface area contributed by atoms with E-state index in [4.69, 9.17) is 24.5 Å². The molecule has 1 heterocycles. The van der Waals surface area contributed by atoms with Gasteiger partial charge in [-0.15, -0.1) is 0 Å². The lowest BCUT2D eigenvalue weighted by Crippen LogP contribution is -2.59. The molecule has 1 saturated heterocycles. The van der Waals surface area contributed by atoms with Gasteiger partial charge in [0, 0.05) is 12.0 Å². The number of hydrogen-bond acceptors (Lipinski definition) is 6. The summed E-state index contributed by atoms with van der Waals surface area (Å²) in [5.74, 6) is 0. The van der Waals surface area contributed by atoms with Gasteiger partial charge >= 0.3 is 0 Å². The number of methoxy groups -OCH3 is 1. The van der Waals surface area contributed by atoms with Crippen molar-refractivity contribution in [2.24, 2.45) is 5.11 Å². The van der Waals surface area contributed by atoms with Crippen LogP contribution in [0.5, 0.6) is 0 Å². The van der Waals surface area contributed by atoms with Gasteiger partial charge in [0.05, 0.1) is 25.9 Å². The summed E-state index contributed by atoms with van der Waals surface area (Å²) in [5, 5.41) is 14.5. The van der Waals surface area contributed by atoms with Crippen LogP contribution in [0.15, 0.2) is 65.8 Å². The Labute approximate surface area is 169 Å². The van der Waals surface area contributed by atoms with Crippen molar-refractivity contribution in [3.05, 3.63) is 82.2 Å². The lowest BCUT2D eigenvalue weighted by atomic mass is 9.97. The van der Waals surface area contributed by atoms with Crippen LogP contribution in [0.3, 0.4) is 0 Å². The lowest BCUT2D eigenvalue weighted by molar-refractivity contribution is -0.271. The molecule has 29 heavy (non-hydrogen) atoms. The van der Waals surface area contributed by atoms with Crippen LogP contribution >= 0.6 is 0 Å². The molecule has 1 N–H and O–H groups in total. The van der Waals surface area contributed by atoms with Crippen molar-refractivity contribution in [1.82, 2.24) is 0 Å². The van der Waals surface area contributed by atoms with Gasteiger partial charge in [-0.25, -0.2) is 0 Å². The molecule has 5 atom stereocenters. The summed E-state index contributed by atoms with van der Waals surface area (Å²) in [7, 11) is 1.43. The summed E-state index contributed by atoms with van der Waals surface area (Å²) in [4.78, 5) is 2.81. The Morgan fingerprint density at radius 2 is 1.66 bits per heavy atom. The van der Waals surface area contributed by atoms with Gasteiger partial charge in [0.2, 0.25) is 0 Å². The molecule has 2 aromatic carbocycles. The van der Waals surface area contributed by atoms with Crippen molar-refractivity contribution < 1.29 is 24.1 Å². The molecule has 0 radical (unpaired) electrons. The van der Waals surface area contributed by atoms with Crippen LogP contribution in [0, 0.1) is 0 Å². The van der Waals surface area contributed by atoms with Gasteiger partial charge in [0.1, 0.15) is 18.2 Å². The summed E-state index contributed by atoms with van der Waals surface area (Å²) in [6.45, 7) is 0.871. The van der Waals surface area contributed by atoms with Gasteiger partial charge in [-0.1, -0.05) is 65.8 Å². The average molecular weight is 399 g/mol. The predicted octanol–water partition coefficient (Wildman–Crippen LogP) is 3.20. The molecule has 1 aliphatic heterocycles. The first-order chi connectivity index (χ1) is 14.2. The summed E-state index contributed by atoms with van der Waals surface area (Å²) < 4.78 is 23.0. The molecule has 0 amide bonds. The third-order valence-electron chi connectivity index (χ3n) is 4.74. The fraction of sp³-hybridized carbons (Fsp3) is 0.429. The molecule has 8 nitrogen and oxygen atoms in total. The minimum absolute atomic E-state index is 0.189. The number of nitrogens with zero attached hydrogens (tertiary/aromatic N) is 3. The number of benzene rings is 2. The molecule has 0 aliphatic carbocycles. The second-order valence-electron chi connectivity index (χ2n) is 6.73. The first kappa shape index (κ1) is 21.3. The topological polar surface area (TPSA) is 106 Å². The number of aliphatic hydroxyl groups excluding tert-OH is 1. The van der Waals surface area contributed by atoms with Gasteiger partial charge in [-0.3, -0.25) is 0 Å². The standard InChI is InChI=1S/C21H25N3O5/c1-26-21-18(23-24-22)19(25)20(28-13-16-10-6-3-7-11-16)17(29-21)14-27-12-15-8-4-2-5-9-15/h2-11,17-21,25H,12-14H2,1H3/t17-,18+,19-,20-,21+/m1/s1. The first-order valence-corrected chi connectivity index (χ1v) is 9.40. The molecular formula is C21H25N3O5. The van der Waals surface area contributed by atoms with Crippen LogP contribution in [-0.4, -0.2) is 49.5 Å². The number of aliphatic hydroxyl groups is 1. The SMILES string of the molecule is CO[C@H]1O[C@H](COCc2ccccc2)[C@@H](OCc2ccccc2)[C@H](O)[C@@H]1N=[N+]=[N-]. The predicted molar refractivity (Wildman–Crippen MR) is 106 cm³/mol. The van der Waals surface area contributed by atoms with E-state index in [2.05, 4.69) is 10.0 Å².